The van der Waals surface area contributed by atoms with Crippen LogP contribution < -0.4 is 10.6 Å². The Morgan fingerprint density at radius 1 is 0.808 bits per heavy atom. The third kappa shape index (κ3) is 7.89. The SMILES string of the molecule is O=S1(=O)CCC(CNC(=S)OCCOC(=S)NCC2CCS(=O)(=O)C2)C1. The molecule has 2 saturated heterocycles. The van der Waals surface area contributed by atoms with Crippen LogP contribution in [0.3, 0.4) is 0 Å². The molecule has 2 fully saturated rings. The molecule has 0 saturated carbocycles. The van der Waals surface area contributed by atoms with Crippen LogP contribution >= 0.6 is 24.4 Å². The minimum absolute atomic E-state index is 0.0639. The third-order valence-electron chi connectivity index (χ3n) is 4.27. The monoisotopic (exact) mass is 444 g/mol. The number of nitrogens with one attached hydrogen (secondary N) is 2. The standard InChI is InChI=1S/C14H24N2O6S4/c17-25(18)5-1-11(9-25)7-15-13(23)21-3-4-22-14(24)16-8-12-2-6-26(19,20)10-12/h11-12H,1-10H2,(H,15,23)(H,16,24). The lowest BCUT2D eigenvalue weighted by Gasteiger charge is -2.14. The van der Waals surface area contributed by atoms with Gasteiger partial charge in [0.25, 0.3) is 10.3 Å². The van der Waals surface area contributed by atoms with Gasteiger partial charge in [-0.25, -0.2) is 16.8 Å². The summed E-state index contributed by atoms with van der Waals surface area (Å²) < 4.78 is 56.1. The first kappa shape index (κ1) is 21.6. The van der Waals surface area contributed by atoms with Crippen LogP contribution in [-0.4, -0.2) is 76.5 Å². The minimum atomic E-state index is -2.89. The van der Waals surface area contributed by atoms with E-state index in [4.69, 9.17) is 33.9 Å². The summed E-state index contributed by atoms with van der Waals surface area (Å²) >= 11 is 10.1. The third-order valence-corrected chi connectivity index (χ3v) is 8.47. The van der Waals surface area contributed by atoms with E-state index in [9.17, 15) is 16.8 Å². The number of hydrogen-bond acceptors (Lipinski definition) is 8. The van der Waals surface area contributed by atoms with Crippen molar-refractivity contribution in [2.75, 3.05) is 49.3 Å². The van der Waals surface area contributed by atoms with Gasteiger partial charge in [-0.15, -0.1) is 0 Å². The average Bonchev–Trinajstić information content (AvgIpc) is 3.08. The van der Waals surface area contributed by atoms with E-state index in [0.29, 0.717) is 25.9 Å². The second-order valence-corrected chi connectivity index (χ2v) is 11.8. The molecule has 12 heteroatoms. The largest absolute Gasteiger partial charge is 0.467 e. The van der Waals surface area contributed by atoms with Gasteiger partial charge in [0, 0.05) is 13.1 Å². The molecule has 2 unspecified atom stereocenters. The number of hydrogen-bond donors (Lipinski definition) is 2. The van der Waals surface area contributed by atoms with Gasteiger partial charge in [-0.1, -0.05) is 0 Å². The van der Waals surface area contributed by atoms with Gasteiger partial charge < -0.3 is 20.1 Å². The first-order valence-electron chi connectivity index (χ1n) is 8.37. The van der Waals surface area contributed by atoms with Gasteiger partial charge in [0.05, 0.1) is 23.0 Å². The first-order chi connectivity index (χ1) is 12.2. The molecule has 2 aliphatic heterocycles. The lowest BCUT2D eigenvalue weighted by atomic mass is 10.1. The van der Waals surface area contributed by atoms with Gasteiger partial charge in [0.1, 0.15) is 13.2 Å². The quantitative estimate of drug-likeness (QED) is 0.399. The van der Waals surface area contributed by atoms with Crippen molar-refractivity contribution < 1.29 is 26.3 Å². The van der Waals surface area contributed by atoms with Crippen LogP contribution in [0.4, 0.5) is 0 Å². The fourth-order valence-corrected chi connectivity index (χ4v) is 6.95. The minimum Gasteiger partial charge on any atom is -0.467 e. The normalized spacial score (nSPS) is 26.2. The Morgan fingerprint density at radius 2 is 1.19 bits per heavy atom. The molecule has 26 heavy (non-hydrogen) atoms. The van der Waals surface area contributed by atoms with Crippen molar-refractivity contribution in [2.45, 2.75) is 12.8 Å². The number of rotatable bonds is 7. The predicted octanol–water partition coefficient (Wildman–Crippen LogP) is -0.362. The highest BCUT2D eigenvalue weighted by Gasteiger charge is 2.28. The lowest BCUT2D eigenvalue weighted by Crippen LogP contribution is -2.32. The molecule has 2 heterocycles. The fraction of sp³-hybridized carbons (Fsp3) is 0.857. The molecule has 0 spiro atoms. The second-order valence-electron chi connectivity index (χ2n) is 6.57. The van der Waals surface area contributed by atoms with Crippen molar-refractivity contribution in [1.29, 1.82) is 0 Å². The maximum absolute atomic E-state index is 11.4. The van der Waals surface area contributed by atoms with Gasteiger partial charge in [-0.05, 0) is 49.1 Å². The highest BCUT2D eigenvalue weighted by Crippen LogP contribution is 2.18. The molecule has 2 atom stereocenters. The summed E-state index contributed by atoms with van der Waals surface area (Å²) in [5.74, 6) is 0.973. The number of thiocarbonyl (C=S) groups is 2. The second kappa shape index (κ2) is 9.47. The zero-order chi connectivity index (χ0) is 19.2. The van der Waals surface area contributed by atoms with Crippen LogP contribution in [0.2, 0.25) is 0 Å². The van der Waals surface area contributed by atoms with Gasteiger partial charge in [0.15, 0.2) is 19.7 Å². The molecule has 0 amide bonds. The van der Waals surface area contributed by atoms with Crippen LogP contribution in [0.15, 0.2) is 0 Å². The maximum Gasteiger partial charge on any atom is 0.256 e. The zero-order valence-corrected chi connectivity index (χ0v) is 17.6. The Hall–Kier alpha value is -0.720. The molecule has 2 rings (SSSR count). The summed E-state index contributed by atoms with van der Waals surface area (Å²) in [5.41, 5.74) is 0. The van der Waals surface area contributed by atoms with Crippen molar-refractivity contribution in [1.82, 2.24) is 10.6 Å². The van der Waals surface area contributed by atoms with Crippen LogP contribution in [-0.2, 0) is 29.1 Å². The van der Waals surface area contributed by atoms with Crippen molar-refractivity contribution in [3.05, 3.63) is 0 Å². The molecule has 0 aromatic rings. The van der Waals surface area contributed by atoms with Crippen molar-refractivity contribution in [2.24, 2.45) is 11.8 Å². The van der Waals surface area contributed by atoms with Crippen LogP contribution in [0.5, 0.6) is 0 Å². The van der Waals surface area contributed by atoms with Gasteiger partial charge in [-0.2, -0.15) is 0 Å². The number of sulfone groups is 2. The van der Waals surface area contributed by atoms with Crippen molar-refractivity contribution >= 4 is 54.5 Å². The first-order valence-corrected chi connectivity index (χ1v) is 12.8. The molecule has 0 bridgehead atoms. The van der Waals surface area contributed by atoms with Gasteiger partial charge in [-0.3, -0.25) is 0 Å². The molecular formula is C14H24N2O6S4. The Labute approximate surface area is 165 Å². The Bertz CT molecular complexity index is 660. The van der Waals surface area contributed by atoms with Crippen LogP contribution in [0.1, 0.15) is 12.8 Å². The molecule has 0 aromatic carbocycles. The molecule has 0 aliphatic carbocycles. The van der Waals surface area contributed by atoms with Crippen molar-refractivity contribution in [3.63, 3.8) is 0 Å². The Balaban J connectivity index is 1.49. The number of ether oxygens (including phenoxy) is 2. The van der Waals surface area contributed by atoms with Crippen molar-refractivity contribution in [3.8, 4) is 0 Å². The molecule has 0 aromatic heterocycles. The van der Waals surface area contributed by atoms with Crippen LogP contribution in [0.25, 0.3) is 0 Å². The van der Waals surface area contributed by atoms with E-state index >= 15 is 0 Å². The van der Waals surface area contributed by atoms with E-state index in [1.54, 1.807) is 0 Å². The van der Waals surface area contributed by atoms with Gasteiger partial charge >= 0.3 is 0 Å². The van der Waals surface area contributed by atoms with E-state index in [1.807, 2.05) is 0 Å². The fourth-order valence-electron chi connectivity index (χ4n) is 2.89. The molecule has 8 nitrogen and oxygen atoms in total. The lowest BCUT2D eigenvalue weighted by molar-refractivity contribution is 0.196. The average molecular weight is 445 g/mol. The summed E-state index contributed by atoms with van der Waals surface area (Å²) in [6.45, 7) is 1.36. The molecular weight excluding hydrogens is 420 g/mol. The Kier molecular flexibility index (Phi) is 7.86. The summed E-state index contributed by atoms with van der Waals surface area (Å²) in [5, 5.41) is 6.21. The molecule has 0 radical (unpaired) electrons. The zero-order valence-electron chi connectivity index (χ0n) is 14.3. The Morgan fingerprint density at radius 3 is 1.50 bits per heavy atom. The highest BCUT2D eigenvalue weighted by molar-refractivity contribution is 7.91. The van der Waals surface area contributed by atoms with E-state index < -0.39 is 19.7 Å². The topological polar surface area (TPSA) is 111 Å². The summed E-state index contributed by atoms with van der Waals surface area (Å²) in [6.07, 6.45) is 1.28. The smallest absolute Gasteiger partial charge is 0.256 e. The summed E-state index contributed by atoms with van der Waals surface area (Å²) in [4.78, 5) is 0. The summed E-state index contributed by atoms with van der Waals surface area (Å²) in [7, 11) is -5.78. The molecule has 150 valence electrons. The maximum atomic E-state index is 11.4. The molecule has 2 aliphatic rings. The predicted molar refractivity (Wildman–Crippen MR) is 107 cm³/mol. The van der Waals surface area contributed by atoms with E-state index in [2.05, 4.69) is 10.6 Å². The van der Waals surface area contributed by atoms with E-state index in [-0.39, 0.29) is 58.4 Å². The van der Waals surface area contributed by atoms with Crippen LogP contribution in [0, 0.1) is 11.8 Å². The van der Waals surface area contributed by atoms with E-state index in [0.717, 1.165) is 0 Å². The highest BCUT2D eigenvalue weighted by atomic mass is 32.2. The summed E-state index contributed by atoms with van der Waals surface area (Å²) in [6, 6.07) is 0. The van der Waals surface area contributed by atoms with E-state index in [1.165, 1.54) is 0 Å². The molecule has 2 N–H and O–H groups in total. The van der Waals surface area contributed by atoms with Gasteiger partial charge in [0.2, 0.25) is 0 Å².